The molecule has 1 N–H and O–H groups in total. The van der Waals surface area contributed by atoms with Crippen molar-refractivity contribution >= 4 is 11.6 Å². The smallest absolute Gasteiger partial charge is 0.245 e. The number of piperazine rings is 1. The van der Waals surface area contributed by atoms with Crippen molar-refractivity contribution < 1.29 is 0 Å². The maximum Gasteiger partial charge on any atom is 0.245 e. The maximum absolute atomic E-state index is 4.59. The molecule has 0 amide bonds. The van der Waals surface area contributed by atoms with Crippen LogP contribution in [0.15, 0.2) is 24.4 Å². The van der Waals surface area contributed by atoms with Crippen molar-refractivity contribution in [2.24, 2.45) is 0 Å². The molecule has 0 atom stereocenters. The zero-order valence-corrected chi connectivity index (χ0v) is 10.9. The third-order valence-electron chi connectivity index (χ3n) is 4.10. The highest BCUT2D eigenvalue weighted by Crippen LogP contribution is 2.15. The molecule has 2 fully saturated rings. The fraction of sp³-hybridized carbons (Fsp3) is 0.538. The van der Waals surface area contributed by atoms with Crippen LogP contribution in [0, 0.1) is 0 Å². The number of nitrogens with zero attached hydrogens (tertiary/aromatic N) is 5. The lowest BCUT2D eigenvalue weighted by molar-refractivity contribution is 0.137. The Kier molecular flexibility index (Phi) is 2.63. The van der Waals surface area contributed by atoms with Gasteiger partial charge in [0.1, 0.15) is 0 Å². The van der Waals surface area contributed by atoms with E-state index in [-0.39, 0.29) is 0 Å². The average Bonchev–Trinajstić information content (AvgIpc) is 2.81. The summed E-state index contributed by atoms with van der Waals surface area (Å²) >= 11 is 0. The molecule has 0 bridgehead atoms. The second-order valence-corrected chi connectivity index (χ2v) is 5.25. The topological polar surface area (TPSA) is 48.7 Å². The van der Waals surface area contributed by atoms with Crippen LogP contribution in [-0.2, 0) is 0 Å². The molecule has 19 heavy (non-hydrogen) atoms. The molecular formula is C13H18N6. The number of rotatable bonds is 2. The van der Waals surface area contributed by atoms with Crippen LogP contribution in [0.1, 0.15) is 0 Å². The van der Waals surface area contributed by atoms with Crippen LogP contribution in [0.5, 0.6) is 0 Å². The molecule has 0 unspecified atom stereocenters. The van der Waals surface area contributed by atoms with Gasteiger partial charge in [0.05, 0.1) is 0 Å². The van der Waals surface area contributed by atoms with E-state index in [4.69, 9.17) is 0 Å². The van der Waals surface area contributed by atoms with Crippen molar-refractivity contribution in [3.8, 4) is 0 Å². The van der Waals surface area contributed by atoms with Gasteiger partial charge in [-0.05, 0) is 12.1 Å². The lowest BCUT2D eigenvalue weighted by Gasteiger charge is -2.43. The minimum atomic E-state index is 0.746. The van der Waals surface area contributed by atoms with Gasteiger partial charge < -0.3 is 10.2 Å². The molecule has 2 aliphatic rings. The van der Waals surface area contributed by atoms with Gasteiger partial charge in [0.2, 0.25) is 5.95 Å². The first-order valence-electron chi connectivity index (χ1n) is 6.91. The van der Waals surface area contributed by atoms with Crippen molar-refractivity contribution in [3.63, 3.8) is 0 Å². The highest BCUT2D eigenvalue weighted by Gasteiger charge is 2.28. The predicted molar refractivity (Wildman–Crippen MR) is 73.4 cm³/mol. The normalized spacial score (nSPS) is 21.8. The van der Waals surface area contributed by atoms with E-state index in [0.29, 0.717) is 0 Å². The SMILES string of the molecule is c1ccn2nc(N3CCN(C4CNC4)CC3)nc2c1. The third kappa shape index (κ3) is 1.97. The molecule has 0 saturated carbocycles. The quantitative estimate of drug-likeness (QED) is 0.810. The molecular weight excluding hydrogens is 240 g/mol. The van der Waals surface area contributed by atoms with Crippen LogP contribution in [0.2, 0.25) is 0 Å². The van der Waals surface area contributed by atoms with Crippen molar-refractivity contribution in [2.75, 3.05) is 44.2 Å². The largest absolute Gasteiger partial charge is 0.337 e. The summed E-state index contributed by atoms with van der Waals surface area (Å²) in [6.07, 6.45) is 1.95. The summed E-state index contributed by atoms with van der Waals surface area (Å²) in [4.78, 5) is 9.45. The minimum Gasteiger partial charge on any atom is -0.337 e. The minimum absolute atomic E-state index is 0.746. The molecule has 2 aromatic heterocycles. The van der Waals surface area contributed by atoms with Crippen LogP contribution in [0.4, 0.5) is 5.95 Å². The summed E-state index contributed by atoms with van der Waals surface area (Å²) < 4.78 is 1.84. The summed E-state index contributed by atoms with van der Waals surface area (Å²) in [5.41, 5.74) is 0.920. The molecule has 0 spiro atoms. The van der Waals surface area contributed by atoms with Crippen LogP contribution in [0.3, 0.4) is 0 Å². The lowest BCUT2D eigenvalue weighted by atomic mass is 10.1. The average molecular weight is 258 g/mol. The number of pyridine rings is 1. The van der Waals surface area contributed by atoms with Crippen LogP contribution < -0.4 is 10.2 Å². The highest BCUT2D eigenvalue weighted by molar-refractivity contribution is 5.44. The van der Waals surface area contributed by atoms with E-state index in [1.165, 1.54) is 0 Å². The second kappa shape index (κ2) is 4.47. The first-order chi connectivity index (χ1) is 9.40. The standard InChI is InChI=1S/C13H18N6/c1-2-4-19-12(3-1)15-13(16-19)18-7-5-17(6-8-18)11-9-14-10-11/h1-4,11,14H,5-10H2. The number of fused-ring (bicyclic) bond motifs is 1. The molecule has 0 aliphatic carbocycles. The van der Waals surface area contributed by atoms with Crippen molar-refractivity contribution in [3.05, 3.63) is 24.4 Å². The molecule has 4 rings (SSSR count). The lowest BCUT2D eigenvalue weighted by Crippen LogP contribution is -2.61. The fourth-order valence-corrected chi connectivity index (χ4v) is 2.77. The van der Waals surface area contributed by atoms with Gasteiger partial charge in [-0.3, -0.25) is 4.90 Å². The van der Waals surface area contributed by atoms with E-state index in [9.17, 15) is 0 Å². The summed E-state index contributed by atoms with van der Waals surface area (Å²) in [7, 11) is 0. The van der Waals surface area contributed by atoms with E-state index < -0.39 is 0 Å². The van der Waals surface area contributed by atoms with Gasteiger partial charge in [0.15, 0.2) is 5.65 Å². The number of nitrogens with one attached hydrogen (secondary N) is 1. The van der Waals surface area contributed by atoms with Gasteiger partial charge in [-0.15, -0.1) is 5.10 Å². The number of anilines is 1. The van der Waals surface area contributed by atoms with Gasteiger partial charge in [0.25, 0.3) is 0 Å². The van der Waals surface area contributed by atoms with Gasteiger partial charge in [-0.25, -0.2) is 4.52 Å². The first-order valence-corrected chi connectivity index (χ1v) is 6.91. The fourth-order valence-electron chi connectivity index (χ4n) is 2.77. The summed E-state index contributed by atoms with van der Waals surface area (Å²) in [5.74, 6) is 0.859. The van der Waals surface area contributed by atoms with E-state index in [2.05, 4.69) is 25.2 Å². The molecule has 2 aromatic rings. The summed E-state index contributed by atoms with van der Waals surface area (Å²) in [6, 6.07) is 6.71. The Labute approximate surface area is 112 Å². The van der Waals surface area contributed by atoms with E-state index in [1.54, 1.807) is 0 Å². The Morgan fingerprint density at radius 3 is 2.63 bits per heavy atom. The zero-order valence-electron chi connectivity index (χ0n) is 10.9. The van der Waals surface area contributed by atoms with E-state index in [0.717, 1.165) is 56.9 Å². The second-order valence-electron chi connectivity index (χ2n) is 5.25. The molecule has 2 aliphatic heterocycles. The van der Waals surface area contributed by atoms with Gasteiger partial charge in [0, 0.05) is 51.5 Å². The maximum atomic E-state index is 4.59. The number of hydrogen-bond donors (Lipinski definition) is 1. The zero-order chi connectivity index (χ0) is 12.7. The molecule has 0 aromatic carbocycles. The Bertz CT molecular complexity index is 534. The van der Waals surface area contributed by atoms with E-state index >= 15 is 0 Å². The number of aromatic nitrogens is 3. The Hall–Kier alpha value is -1.66. The van der Waals surface area contributed by atoms with E-state index in [1.807, 2.05) is 28.9 Å². The molecule has 6 nitrogen and oxygen atoms in total. The Morgan fingerprint density at radius 2 is 1.95 bits per heavy atom. The Balaban J connectivity index is 1.48. The molecule has 100 valence electrons. The van der Waals surface area contributed by atoms with Crippen molar-refractivity contribution in [2.45, 2.75) is 6.04 Å². The summed E-state index contributed by atoms with van der Waals surface area (Å²) in [6.45, 7) is 6.56. The molecule has 6 heteroatoms. The molecule has 0 radical (unpaired) electrons. The number of hydrogen-bond acceptors (Lipinski definition) is 5. The third-order valence-corrected chi connectivity index (χ3v) is 4.10. The van der Waals surface area contributed by atoms with Gasteiger partial charge >= 0.3 is 0 Å². The van der Waals surface area contributed by atoms with Gasteiger partial charge in [-0.2, -0.15) is 4.98 Å². The molecule has 4 heterocycles. The molecule has 2 saturated heterocycles. The first kappa shape index (κ1) is 11.2. The monoisotopic (exact) mass is 258 g/mol. The summed E-state index contributed by atoms with van der Waals surface area (Å²) in [5, 5.41) is 7.88. The Morgan fingerprint density at radius 1 is 1.11 bits per heavy atom. The highest BCUT2D eigenvalue weighted by atomic mass is 15.4. The van der Waals surface area contributed by atoms with Crippen molar-refractivity contribution in [1.82, 2.24) is 24.8 Å². The van der Waals surface area contributed by atoms with Crippen molar-refractivity contribution in [1.29, 1.82) is 0 Å². The van der Waals surface area contributed by atoms with Crippen LogP contribution in [-0.4, -0.2) is 64.8 Å². The van der Waals surface area contributed by atoms with Crippen LogP contribution >= 0.6 is 0 Å². The van der Waals surface area contributed by atoms with Gasteiger partial charge in [-0.1, -0.05) is 6.07 Å². The van der Waals surface area contributed by atoms with Crippen LogP contribution in [0.25, 0.3) is 5.65 Å². The predicted octanol–water partition coefficient (Wildman–Crippen LogP) is -0.177.